The molecule has 1 saturated heterocycles. The van der Waals surface area contributed by atoms with Crippen molar-refractivity contribution in [2.45, 2.75) is 32.2 Å². The van der Waals surface area contributed by atoms with Crippen molar-refractivity contribution in [1.82, 2.24) is 10.2 Å². The average molecular weight is 306 g/mol. The van der Waals surface area contributed by atoms with Gasteiger partial charge in [-0.1, -0.05) is 12.1 Å². The molecular formula is C17H26N2O3. The second-order valence-corrected chi connectivity index (χ2v) is 6.02. The van der Waals surface area contributed by atoms with Crippen molar-refractivity contribution in [3.05, 3.63) is 29.8 Å². The van der Waals surface area contributed by atoms with Crippen LogP contribution < -0.4 is 10.1 Å². The van der Waals surface area contributed by atoms with Crippen molar-refractivity contribution in [2.24, 2.45) is 5.92 Å². The van der Waals surface area contributed by atoms with Crippen molar-refractivity contribution < 1.29 is 14.6 Å². The second kappa shape index (κ2) is 8.03. The number of nitrogens with zero attached hydrogens (tertiary/aromatic N) is 1. The van der Waals surface area contributed by atoms with Crippen molar-refractivity contribution in [3.8, 4) is 5.75 Å². The summed E-state index contributed by atoms with van der Waals surface area (Å²) in [6.07, 6.45) is 2.54. The van der Waals surface area contributed by atoms with Crippen LogP contribution >= 0.6 is 0 Å². The predicted octanol–water partition coefficient (Wildman–Crippen LogP) is 2.04. The summed E-state index contributed by atoms with van der Waals surface area (Å²) in [5.74, 6) is 1.18. The van der Waals surface area contributed by atoms with Gasteiger partial charge in [0.2, 0.25) is 0 Å². The van der Waals surface area contributed by atoms with Gasteiger partial charge in [0.05, 0.1) is 7.11 Å². The van der Waals surface area contributed by atoms with Crippen molar-refractivity contribution in [3.63, 3.8) is 0 Å². The zero-order valence-electron chi connectivity index (χ0n) is 13.4. The molecule has 1 aliphatic heterocycles. The first kappa shape index (κ1) is 16.6. The summed E-state index contributed by atoms with van der Waals surface area (Å²) in [5, 5.41) is 12.2. The lowest BCUT2D eigenvalue weighted by Crippen LogP contribution is -2.48. The molecule has 22 heavy (non-hydrogen) atoms. The fraction of sp³-hybridized carbons (Fsp3) is 0.588. The first-order chi connectivity index (χ1) is 10.6. The van der Waals surface area contributed by atoms with E-state index in [1.807, 2.05) is 36.1 Å². The lowest BCUT2D eigenvalue weighted by molar-refractivity contribution is 0.136. The summed E-state index contributed by atoms with van der Waals surface area (Å²) in [4.78, 5) is 14.1. The standard InChI is InChI=1S/C17H26N2O3/c1-13(10-15-4-3-5-16(11-15)22-2)18-17(21)19-8-6-14(12-20)7-9-19/h3-5,11,13-14,20H,6-10,12H2,1-2H3,(H,18,21). The molecule has 0 saturated carbocycles. The highest BCUT2D eigenvalue weighted by Gasteiger charge is 2.23. The molecule has 1 aromatic rings. The van der Waals surface area contributed by atoms with Crippen molar-refractivity contribution in [2.75, 3.05) is 26.8 Å². The Morgan fingerprint density at radius 2 is 2.18 bits per heavy atom. The van der Waals surface area contributed by atoms with Crippen molar-refractivity contribution >= 4 is 6.03 Å². The number of hydrogen-bond donors (Lipinski definition) is 2. The van der Waals surface area contributed by atoms with Gasteiger partial charge in [-0.05, 0) is 49.8 Å². The van der Waals surface area contributed by atoms with Crippen LogP contribution in [0.1, 0.15) is 25.3 Å². The highest BCUT2D eigenvalue weighted by atomic mass is 16.5. The highest BCUT2D eigenvalue weighted by Crippen LogP contribution is 2.17. The number of nitrogens with one attached hydrogen (secondary N) is 1. The molecule has 1 atom stereocenters. The molecule has 5 nitrogen and oxygen atoms in total. The molecule has 1 aromatic carbocycles. The van der Waals surface area contributed by atoms with E-state index in [1.54, 1.807) is 7.11 Å². The Morgan fingerprint density at radius 3 is 2.82 bits per heavy atom. The van der Waals surface area contributed by atoms with E-state index in [4.69, 9.17) is 9.84 Å². The van der Waals surface area contributed by atoms with E-state index in [-0.39, 0.29) is 18.7 Å². The van der Waals surface area contributed by atoms with Gasteiger partial charge in [0.25, 0.3) is 0 Å². The third-order valence-electron chi connectivity index (χ3n) is 4.21. The topological polar surface area (TPSA) is 61.8 Å². The van der Waals surface area contributed by atoms with E-state index in [9.17, 15) is 4.79 Å². The van der Waals surface area contributed by atoms with E-state index < -0.39 is 0 Å². The second-order valence-electron chi connectivity index (χ2n) is 6.02. The highest BCUT2D eigenvalue weighted by molar-refractivity contribution is 5.74. The molecule has 122 valence electrons. The number of aliphatic hydroxyl groups is 1. The molecule has 1 unspecified atom stereocenters. The van der Waals surface area contributed by atoms with Crippen LogP contribution in [0.5, 0.6) is 5.75 Å². The van der Waals surface area contributed by atoms with E-state index in [0.717, 1.165) is 43.7 Å². The maximum atomic E-state index is 12.2. The maximum Gasteiger partial charge on any atom is 0.317 e. The number of rotatable bonds is 5. The smallest absolute Gasteiger partial charge is 0.317 e. The van der Waals surface area contributed by atoms with E-state index in [1.165, 1.54) is 0 Å². The number of carbonyl (C=O) groups is 1. The van der Waals surface area contributed by atoms with Crippen LogP contribution in [0.15, 0.2) is 24.3 Å². The monoisotopic (exact) mass is 306 g/mol. The fourth-order valence-corrected chi connectivity index (χ4v) is 2.82. The Hall–Kier alpha value is -1.75. The number of likely N-dealkylation sites (tertiary alicyclic amines) is 1. The molecule has 2 N–H and O–H groups in total. The van der Waals surface area contributed by atoms with E-state index in [0.29, 0.717) is 5.92 Å². The largest absolute Gasteiger partial charge is 0.497 e. The third-order valence-corrected chi connectivity index (χ3v) is 4.21. The molecule has 2 rings (SSSR count). The van der Waals surface area contributed by atoms with Gasteiger partial charge in [-0.15, -0.1) is 0 Å². The van der Waals surface area contributed by atoms with Gasteiger partial charge in [-0.25, -0.2) is 4.79 Å². The predicted molar refractivity (Wildman–Crippen MR) is 86.1 cm³/mol. The molecule has 0 aliphatic carbocycles. The number of urea groups is 1. The summed E-state index contributed by atoms with van der Waals surface area (Å²) in [7, 11) is 1.65. The van der Waals surface area contributed by atoms with Crippen LogP contribution in [-0.4, -0.2) is 48.9 Å². The van der Waals surface area contributed by atoms with Gasteiger partial charge in [0, 0.05) is 25.7 Å². The first-order valence-electron chi connectivity index (χ1n) is 7.91. The summed E-state index contributed by atoms with van der Waals surface area (Å²) in [6, 6.07) is 7.97. The number of ether oxygens (including phenoxy) is 1. The van der Waals surface area contributed by atoms with E-state index in [2.05, 4.69) is 5.32 Å². The Balaban J connectivity index is 1.81. The SMILES string of the molecule is COc1cccc(CC(C)NC(=O)N2CCC(CO)CC2)c1. The van der Waals surface area contributed by atoms with Crippen LogP contribution in [0.3, 0.4) is 0 Å². The molecule has 1 heterocycles. The van der Waals surface area contributed by atoms with Crippen LogP contribution in [0, 0.1) is 5.92 Å². The Morgan fingerprint density at radius 1 is 1.45 bits per heavy atom. The van der Waals surface area contributed by atoms with Gasteiger partial charge in [-0.3, -0.25) is 0 Å². The van der Waals surface area contributed by atoms with Gasteiger partial charge in [0.1, 0.15) is 5.75 Å². The first-order valence-corrected chi connectivity index (χ1v) is 7.91. The van der Waals surface area contributed by atoms with Crippen LogP contribution in [0.4, 0.5) is 4.79 Å². The summed E-state index contributed by atoms with van der Waals surface area (Å²) < 4.78 is 5.22. The van der Waals surface area contributed by atoms with E-state index >= 15 is 0 Å². The average Bonchev–Trinajstić information content (AvgIpc) is 2.55. The Kier molecular flexibility index (Phi) is 6.07. The molecule has 5 heteroatoms. The lowest BCUT2D eigenvalue weighted by Gasteiger charge is -2.32. The molecular weight excluding hydrogens is 280 g/mol. The van der Waals surface area contributed by atoms with Crippen LogP contribution in [0.2, 0.25) is 0 Å². The molecule has 2 amide bonds. The third kappa shape index (κ3) is 4.63. The zero-order valence-corrected chi connectivity index (χ0v) is 13.4. The molecule has 0 radical (unpaired) electrons. The molecule has 0 bridgehead atoms. The quantitative estimate of drug-likeness (QED) is 0.875. The van der Waals surface area contributed by atoms with Gasteiger partial charge in [0.15, 0.2) is 0 Å². The number of piperidine rings is 1. The molecule has 1 fully saturated rings. The molecule has 0 spiro atoms. The number of aliphatic hydroxyl groups excluding tert-OH is 1. The Labute approximate surface area is 132 Å². The summed E-state index contributed by atoms with van der Waals surface area (Å²) >= 11 is 0. The number of amides is 2. The lowest BCUT2D eigenvalue weighted by atomic mass is 9.98. The number of benzene rings is 1. The number of methoxy groups -OCH3 is 1. The fourth-order valence-electron chi connectivity index (χ4n) is 2.82. The Bertz CT molecular complexity index is 485. The maximum absolute atomic E-state index is 12.2. The van der Waals surface area contributed by atoms with Crippen LogP contribution in [0.25, 0.3) is 0 Å². The minimum atomic E-state index is -0.00761. The minimum absolute atomic E-state index is 0.00761. The summed E-state index contributed by atoms with van der Waals surface area (Å²) in [6.45, 7) is 3.69. The van der Waals surface area contributed by atoms with Crippen molar-refractivity contribution in [1.29, 1.82) is 0 Å². The van der Waals surface area contributed by atoms with Gasteiger partial charge < -0.3 is 20.1 Å². The molecule has 0 aromatic heterocycles. The normalized spacial score (nSPS) is 17.1. The number of carbonyl (C=O) groups excluding carboxylic acids is 1. The zero-order chi connectivity index (χ0) is 15.9. The summed E-state index contributed by atoms with van der Waals surface area (Å²) in [5.41, 5.74) is 1.14. The molecule has 1 aliphatic rings. The van der Waals surface area contributed by atoms with Crippen LogP contribution in [-0.2, 0) is 6.42 Å². The minimum Gasteiger partial charge on any atom is -0.497 e. The van der Waals surface area contributed by atoms with Gasteiger partial charge >= 0.3 is 6.03 Å². The number of hydrogen-bond acceptors (Lipinski definition) is 3. The van der Waals surface area contributed by atoms with Gasteiger partial charge in [-0.2, -0.15) is 0 Å².